The Labute approximate surface area is 96.4 Å². The van der Waals surface area contributed by atoms with E-state index in [1.165, 1.54) is 18.2 Å². The van der Waals surface area contributed by atoms with Crippen LogP contribution >= 0.6 is 0 Å². The molecule has 0 N–H and O–H groups in total. The number of ether oxygens (including phenoxy) is 1. The monoisotopic (exact) mass is 244 g/mol. The summed E-state index contributed by atoms with van der Waals surface area (Å²) in [5.74, 6) is -4.18. The number of hydrogen-bond acceptors (Lipinski definition) is 2. The molecule has 1 aromatic carbocycles. The smallest absolute Gasteiger partial charge is 0.316 e. The molecule has 0 amide bonds. The van der Waals surface area contributed by atoms with E-state index in [2.05, 4.69) is 4.74 Å². The lowest BCUT2D eigenvalue weighted by molar-refractivity contribution is -0.177. The second-order valence-corrected chi connectivity index (χ2v) is 4.29. The van der Waals surface area contributed by atoms with Crippen LogP contribution in [0.2, 0.25) is 0 Å². The highest BCUT2D eigenvalue weighted by Gasteiger charge is 2.62. The lowest BCUT2D eigenvalue weighted by Gasteiger charge is -2.45. The van der Waals surface area contributed by atoms with Crippen LogP contribution in [0.15, 0.2) is 24.3 Å². The fourth-order valence-electron chi connectivity index (χ4n) is 2.28. The van der Waals surface area contributed by atoms with Gasteiger partial charge in [-0.3, -0.25) is 4.79 Å². The first kappa shape index (κ1) is 12.0. The summed E-state index contributed by atoms with van der Waals surface area (Å²) in [7, 11) is 1.14. The molecule has 0 atom stereocenters. The van der Waals surface area contributed by atoms with Crippen molar-refractivity contribution in [1.82, 2.24) is 0 Å². The van der Waals surface area contributed by atoms with Gasteiger partial charge in [0.05, 0.1) is 7.11 Å². The normalized spacial score (nSPS) is 20.5. The van der Waals surface area contributed by atoms with Gasteiger partial charge >= 0.3 is 5.97 Å². The Morgan fingerprint density at radius 3 is 2.47 bits per heavy atom. The standard InChI is InChI=1S/C12H11F3O2/c1-17-10(16)11(6-12(14,15)7-11)8-3-2-4-9(13)5-8/h2-5H,6-7H2,1H3. The summed E-state index contributed by atoms with van der Waals surface area (Å²) in [6.45, 7) is 0. The number of benzene rings is 1. The van der Waals surface area contributed by atoms with E-state index in [9.17, 15) is 18.0 Å². The Bertz CT molecular complexity index is 449. The number of esters is 1. The lowest BCUT2D eigenvalue weighted by Crippen LogP contribution is -2.54. The first-order chi connectivity index (χ1) is 7.89. The summed E-state index contributed by atoms with van der Waals surface area (Å²) in [6, 6.07) is 5.17. The van der Waals surface area contributed by atoms with Gasteiger partial charge in [0.1, 0.15) is 11.2 Å². The van der Waals surface area contributed by atoms with E-state index >= 15 is 0 Å². The molecule has 0 radical (unpaired) electrons. The number of carbonyl (C=O) groups is 1. The van der Waals surface area contributed by atoms with E-state index in [1.807, 2.05) is 0 Å². The molecular formula is C12H11F3O2. The number of alkyl halides is 2. The van der Waals surface area contributed by atoms with Crippen LogP contribution in [0.4, 0.5) is 13.2 Å². The maximum absolute atomic E-state index is 13.1. The van der Waals surface area contributed by atoms with Crippen LogP contribution < -0.4 is 0 Å². The molecule has 0 aliphatic heterocycles. The van der Waals surface area contributed by atoms with Crippen molar-refractivity contribution in [3.63, 3.8) is 0 Å². The predicted molar refractivity (Wildman–Crippen MR) is 54.3 cm³/mol. The van der Waals surface area contributed by atoms with Crippen LogP contribution in [0, 0.1) is 5.82 Å². The number of methoxy groups -OCH3 is 1. The van der Waals surface area contributed by atoms with Crippen LogP contribution in [0.3, 0.4) is 0 Å². The first-order valence-electron chi connectivity index (χ1n) is 5.12. The maximum atomic E-state index is 13.1. The van der Waals surface area contributed by atoms with Crippen molar-refractivity contribution in [1.29, 1.82) is 0 Å². The van der Waals surface area contributed by atoms with Gasteiger partial charge in [-0.05, 0) is 17.7 Å². The van der Waals surface area contributed by atoms with Crippen LogP contribution in [-0.2, 0) is 14.9 Å². The molecule has 1 aliphatic rings. The van der Waals surface area contributed by atoms with Crippen molar-refractivity contribution >= 4 is 5.97 Å². The van der Waals surface area contributed by atoms with Gasteiger partial charge < -0.3 is 4.74 Å². The minimum absolute atomic E-state index is 0.246. The van der Waals surface area contributed by atoms with E-state index in [0.29, 0.717) is 0 Å². The molecule has 0 aromatic heterocycles. The summed E-state index contributed by atoms with van der Waals surface area (Å²) in [6.07, 6.45) is -1.26. The molecule has 5 heteroatoms. The third-order valence-corrected chi connectivity index (χ3v) is 3.07. The highest BCUT2D eigenvalue weighted by Crippen LogP contribution is 2.54. The zero-order valence-corrected chi connectivity index (χ0v) is 9.17. The van der Waals surface area contributed by atoms with Crippen molar-refractivity contribution in [3.8, 4) is 0 Å². The summed E-state index contributed by atoms with van der Waals surface area (Å²) in [4.78, 5) is 11.6. The molecule has 17 heavy (non-hydrogen) atoms. The minimum Gasteiger partial charge on any atom is -0.468 e. The van der Waals surface area contributed by atoms with Crippen molar-refractivity contribution in [2.75, 3.05) is 7.11 Å². The SMILES string of the molecule is COC(=O)C1(c2cccc(F)c2)CC(F)(F)C1. The third kappa shape index (κ3) is 1.90. The molecule has 1 aromatic rings. The predicted octanol–water partition coefficient (Wildman–Crippen LogP) is 2.67. The van der Waals surface area contributed by atoms with Crippen molar-refractivity contribution in [2.45, 2.75) is 24.2 Å². The maximum Gasteiger partial charge on any atom is 0.316 e. The summed E-state index contributed by atoms with van der Waals surface area (Å²) >= 11 is 0. The fourth-order valence-corrected chi connectivity index (χ4v) is 2.28. The van der Waals surface area contributed by atoms with Gasteiger partial charge in [0.25, 0.3) is 5.92 Å². The minimum atomic E-state index is -2.89. The van der Waals surface area contributed by atoms with Gasteiger partial charge in [-0.15, -0.1) is 0 Å². The summed E-state index contributed by atoms with van der Waals surface area (Å²) in [5.41, 5.74) is -1.16. The molecule has 92 valence electrons. The second kappa shape index (κ2) is 3.75. The van der Waals surface area contributed by atoms with Crippen LogP contribution in [-0.4, -0.2) is 19.0 Å². The Hall–Kier alpha value is -1.52. The molecule has 2 rings (SSSR count). The molecule has 1 saturated carbocycles. The van der Waals surface area contributed by atoms with Gasteiger partial charge in [0.2, 0.25) is 0 Å². The quantitative estimate of drug-likeness (QED) is 0.747. The first-order valence-corrected chi connectivity index (χ1v) is 5.12. The zero-order valence-electron chi connectivity index (χ0n) is 9.17. The Kier molecular flexibility index (Phi) is 2.64. The largest absolute Gasteiger partial charge is 0.468 e. The number of rotatable bonds is 2. The van der Waals surface area contributed by atoms with E-state index in [0.717, 1.165) is 13.2 Å². The molecule has 1 aliphatic carbocycles. The molecule has 1 fully saturated rings. The van der Waals surface area contributed by atoms with Gasteiger partial charge in [-0.25, -0.2) is 13.2 Å². The summed E-state index contributed by atoms with van der Waals surface area (Å²) < 4.78 is 43.7. The van der Waals surface area contributed by atoms with Crippen LogP contribution in [0.25, 0.3) is 0 Å². The molecule has 0 heterocycles. The fraction of sp³-hybridized carbons (Fsp3) is 0.417. The lowest BCUT2D eigenvalue weighted by atomic mass is 9.62. The average molecular weight is 244 g/mol. The highest BCUT2D eigenvalue weighted by atomic mass is 19.3. The molecule has 2 nitrogen and oxygen atoms in total. The molecule has 0 unspecified atom stereocenters. The van der Waals surface area contributed by atoms with E-state index in [4.69, 9.17) is 0 Å². The number of halogens is 3. The molecule has 0 spiro atoms. The van der Waals surface area contributed by atoms with Gasteiger partial charge in [-0.2, -0.15) is 0 Å². The molecule has 0 saturated heterocycles. The second-order valence-electron chi connectivity index (χ2n) is 4.29. The topological polar surface area (TPSA) is 26.3 Å². The van der Waals surface area contributed by atoms with Crippen LogP contribution in [0.1, 0.15) is 18.4 Å². The van der Waals surface area contributed by atoms with E-state index in [-0.39, 0.29) is 5.56 Å². The van der Waals surface area contributed by atoms with Gasteiger partial charge in [0.15, 0.2) is 0 Å². The van der Waals surface area contributed by atoms with E-state index in [1.54, 1.807) is 0 Å². The third-order valence-electron chi connectivity index (χ3n) is 3.07. The molecule has 0 bridgehead atoms. The van der Waals surface area contributed by atoms with Gasteiger partial charge in [0, 0.05) is 12.8 Å². The van der Waals surface area contributed by atoms with E-state index < -0.39 is 36.0 Å². The number of hydrogen-bond donors (Lipinski definition) is 0. The average Bonchev–Trinajstić information content (AvgIpc) is 2.24. The molecular weight excluding hydrogens is 233 g/mol. The van der Waals surface area contributed by atoms with Crippen LogP contribution in [0.5, 0.6) is 0 Å². The Morgan fingerprint density at radius 2 is 2.00 bits per heavy atom. The summed E-state index contributed by atoms with van der Waals surface area (Å²) in [5, 5.41) is 0. The Balaban J connectivity index is 2.40. The Morgan fingerprint density at radius 1 is 1.35 bits per heavy atom. The van der Waals surface area contributed by atoms with Crippen molar-refractivity contribution < 1.29 is 22.7 Å². The number of carbonyl (C=O) groups excluding carboxylic acids is 1. The van der Waals surface area contributed by atoms with Gasteiger partial charge in [-0.1, -0.05) is 12.1 Å². The van der Waals surface area contributed by atoms with Crippen molar-refractivity contribution in [3.05, 3.63) is 35.6 Å². The van der Waals surface area contributed by atoms with Crippen molar-refractivity contribution in [2.24, 2.45) is 0 Å². The zero-order chi connectivity index (χ0) is 12.7. The highest BCUT2D eigenvalue weighted by molar-refractivity contribution is 5.85.